The molecule has 0 aliphatic carbocycles. The summed E-state index contributed by atoms with van der Waals surface area (Å²) in [6, 6.07) is 5.78. The third-order valence-corrected chi connectivity index (χ3v) is 5.81. The summed E-state index contributed by atoms with van der Waals surface area (Å²) >= 11 is 0. The highest BCUT2D eigenvalue weighted by molar-refractivity contribution is 5.95. The van der Waals surface area contributed by atoms with E-state index in [9.17, 15) is 9.59 Å². The molecular formula is C23H30N4O3. The molecule has 1 atom stereocenters. The molecule has 0 saturated carbocycles. The number of carbonyl (C=O) groups excluding carboxylic acids is 2. The van der Waals surface area contributed by atoms with E-state index in [1.54, 1.807) is 4.90 Å². The maximum atomic E-state index is 13.0. The minimum Gasteiger partial charge on any atom is -0.376 e. The number of anilines is 1. The van der Waals surface area contributed by atoms with Crippen molar-refractivity contribution in [2.75, 3.05) is 25.0 Å². The van der Waals surface area contributed by atoms with Gasteiger partial charge in [0.1, 0.15) is 0 Å². The molecule has 1 aromatic rings. The number of terminal acetylenes is 1. The highest BCUT2D eigenvalue weighted by Gasteiger charge is 2.40. The molecule has 2 amide bonds. The van der Waals surface area contributed by atoms with Crippen LogP contribution in [0.15, 0.2) is 28.4 Å². The molecule has 7 nitrogen and oxygen atoms in total. The van der Waals surface area contributed by atoms with Crippen molar-refractivity contribution >= 4 is 17.5 Å². The second-order valence-electron chi connectivity index (χ2n) is 8.09. The minimum absolute atomic E-state index is 0.00227. The van der Waals surface area contributed by atoms with Crippen molar-refractivity contribution in [2.24, 2.45) is 10.2 Å². The molecule has 0 radical (unpaired) electrons. The molecule has 0 aromatic heterocycles. The molecule has 1 unspecified atom stereocenters. The zero-order valence-electron chi connectivity index (χ0n) is 17.8. The number of hydrogen-bond donors (Lipinski definition) is 1. The van der Waals surface area contributed by atoms with Crippen LogP contribution in [-0.4, -0.2) is 48.2 Å². The van der Waals surface area contributed by atoms with Crippen molar-refractivity contribution in [1.29, 1.82) is 0 Å². The van der Waals surface area contributed by atoms with Gasteiger partial charge in [-0.25, -0.2) is 0 Å². The first-order valence-corrected chi connectivity index (χ1v) is 10.6. The first-order chi connectivity index (χ1) is 14.4. The van der Waals surface area contributed by atoms with E-state index in [0.717, 1.165) is 29.7 Å². The summed E-state index contributed by atoms with van der Waals surface area (Å²) in [5.74, 6) is 2.30. The van der Waals surface area contributed by atoms with Crippen LogP contribution in [0.1, 0.15) is 49.7 Å². The third kappa shape index (κ3) is 5.90. The lowest BCUT2D eigenvalue weighted by Crippen LogP contribution is -2.42. The number of ether oxygens (including phenoxy) is 1. The van der Waals surface area contributed by atoms with Gasteiger partial charge >= 0.3 is 0 Å². The van der Waals surface area contributed by atoms with Gasteiger partial charge in [-0.15, -0.1) is 12.3 Å². The van der Waals surface area contributed by atoms with E-state index in [2.05, 4.69) is 21.5 Å². The maximum Gasteiger partial charge on any atom is 0.244 e. The Hall–Kier alpha value is -2.72. The van der Waals surface area contributed by atoms with Crippen LogP contribution in [0.4, 0.5) is 5.69 Å². The van der Waals surface area contributed by atoms with Crippen LogP contribution in [0.25, 0.3) is 0 Å². The predicted molar refractivity (Wildman–Crippen MR) is 115 cm³/mol. The Balaban J connectivity index is 1.59. The van der Waals surface area contributed by atoms with Gasteiger partial charge in [-0.1, -0.05) is 12.1 Å². The van der Waals surface area contributed by atoms with Crippen LogP contribution in [0.2, 0.25) is 0 Å². The average molecular weight is 411 g/mol. The quantitative estimate of drug-likeness (QED) is 0.598. The van der Waals surface area contributed by atoms with E-state index >= 15 is 0 Å². The highest BCUT2D eigenvalue weighted by Crippen LogP contribution is 2.37. The standard InChI is InChI=1S/C23H30N4O3/c1-4-5-12-23(25-26-23)13-11-22(29)27(15-19-9-7-14-30-19)16-21(28)24-20-10-6-8-17(2)18(20)3/h1,6,8,10,19H,5,7,9,11-16H2,2-3H3,(H,24,28). The van der Waals surface area contributed by atoms with Gasteiger partial charge in [-0.05, 0) is 43.9 Å². The van der Waals surface area contributed by atoms with Crippen molar-refractivity contribution < 1.29 is 14.3 Å². The summed E-state index contributed by atoms with van der Waals surface area (Å²) in [6.45, 7) is 5.09. The van der Waals surface area contributed by atoms with Crippen molar-refractivity contribution in [1.82, 2.24) is 4.90 Å². The van der Waals surface area contributed by atoms with Crippen LogP contribution in [-0.2, 0) is 14.3 Å². The van der Waals surface area contributed by atoms with Gasteiger partial charge in [0.2, 0.25) is 11.8 Å². The van der Waals surface area contributed by atoms with Crippen LogP contribution in [0.3, 0.4) is 0 Å². The number of amides is 2. The van der Waals surface area contributed by atoms with Crippen molar-refractivity contribution in [3.05, 3.63) is 29.3 Å². The molecule has 30 heavy (non-hydrogen) atoms. The van der Waals surface area contributed by atoms with Crippen molar-refractivity contribution in [3.63, 3.8) is 0 Å². The summed E-state index contributed by atoms with van der Waals surface area (Å²) in [5.41, 5.74) is 2.40. The Morgan fingerprint density at radius 2 is 2.13 bits per heavy atom. The summed E-state index contributed by atoms with van der Waals surface area (Å²) < 4.78 is 5.69. The zero-order chi connectivity index (χ0) is 21.6. The molecular weight excluding hydrogens is 380 g/mol. The lowest BCUT2D eigenvalue weighted by molar-refractivity contribution is -0.136. The van der Waals surface area contributed by atoms with Gasteiger partial charge in [0.05, 0.1) is 12.6 Å². The van der Waals surface area contributed by atoms with Gasteiger partial charge in [-0.2, -0.15) is 10.2 Å². The highest BCUT2D eigenvalue weighted by atomic mass is 16.5. The molecule has 2 aliphatic rings. The molecule has 1 N–H and O–H groups in total. The molecule has 2 heterocycles. The number of nitrogens with one attached hydrogen (secondary N) is 1. The first kappa shape index (κ1) is 22.0. The van der Waals surface area contributed by atoms with E-state index in [0.29, 0.717) is 32.4 Å². The van der Waals surface area contributed by atoms with E-state index in [1.807, 2.05) is 32.0 Å². The molecule has 2 aliphatic heterocycles. The largest absolute Gasteiger partial charge is 0.376 e. The molecule has 1 saturated heterocycles. The Bertz CT molecular complexity index is 846. The van der Waals surface area contributed by atoms with Crippen LogP contribution < -0.4 is 5.32 Å². The SMILES string of the molecule is C#CCCC1(CCC(=O)N(CC(=O)Nc2cccc(C)c2C)CC2CCCO2)N=N1. The predicted octanol–water partition coefficient (Wildman–Crippen LogP) is 3.61. The minimum atomic E-state index is -0.501. The lowest BCUT2D eigenvalue weighted by Gasteiger charge is -2.25. The smallest absolute Gasteiger partial charge is 0.244 e. The van der Waals surface area contributed by atoms with Crippen molar-refractivity contribution in [2.45, 2.75) is 64.1 Å². The maximum absolute atomic E-state index is 13.0. The molecule has 3 rings (SSSR count). The Morgan fingerprint density at radius 3 is 2.80 bits per heavy atom. The van der Waals surface area contributed by atoms with Gasteiger partial charge in [0, 0.05) is 44.5 Å². The molecule has 1 fully saturated rings. The van der Waals surface area contributed by atoms with Crippen LogP contribution in [0, 0.1) is 26.2 Å². The Labute approximate surface area is 178 Å². The summed E-state index contributed by atoms with van der Waals surface area (Å²) in [5, 5.41) is 11.1. The van der Waals surface area contributed by atoms with Crippen LogP contribution in [0.5, 0.6) is 0 Å². The molecule has 7 heteroatoms. The lowest BCUT2D eigenvalue weighted by atomic mass is 10.0. The number of nitrogens with zero attached hydrogens (tertiary/aromatic N) is 3. The fourth-order valence-corrected chi connectivity index (χ4v) is 3.67. The topological polar surface area (TPSA) is 83.4 Å². The fourth-order valence-electron chi connectivity index (χ4n) is 3.67. The van der Waals surface area contributed by atoms with E-state index < -0.39 is 5.66 Å². The van der Waals surface area contributed by atoms with E-state index in [1.165, 1.54) is 0 Å². The monoisotopic (exact) mass is 410 g/mol. The van der Waals surface area contributed by atoms with E-state index in [-0.39, 0.29) is 30.9 Å². The van der Waals surface area contributed by atoms with Crippen molar-refractivity contribution in [3.8, 4) is 12.3 Å². The fraction of sp³-hybridized carbons (Fsp3) is 0.565. The third-order valence-electron chi connectivity index (χ3n) is 5.81. The summed E-state index contributed by atoms with van der Waals surface area (Å²) in [4.78, 5) is 27.3. The second kappa shape index (κ2) is 9.86. The van der Waals surface area contributed by atoms with Gasteiger partial charge < -0.3 is 15.0 Å². The number of benzene rings is 1. The van der Waals surface area contributed by atoms with Gasteiger partial charge in [0.15, 0.2) is 5.66 Å². The molecule has 0 spiro atoms. The zero-order valence-corrected chi connectivity index (χ0v) is 17.8. The molecule has 1 aromatic carbocycles. The summed E-state index contributed by atoms with van der Waals surface area (Å²) in [7, 11) is 0. The number of carbonyl (C=O) groups is 2. The van der Waals surface area contributed by atoms with E-state index in [4.69, 9.17) is 11.2 Å². The summed E-state index contributed by atoms with van der Waals surface area (Å²) in [6.07, 6.45) is 9.24. The normalized spacial score (nSPS) is 18.6. The van der Waals surface area contributed by atoms with Crippen LogP contribution >= 0.6 is 0 Å². The first-order valence-electron chi connectivity index (χ1n) is 10.6. The Morgan fingerprint density at radius 1 is 1.33 bits per heavy atom. The number of rotatable bonds is 10. The molecule has 160 valence electrons. The number of aryl methyl sites for hydroxylation is 1. The second-order valence-corrected chi connectivity index (χ2v) is 8.09. The number of hydrogen-bond acceptors (Lipinski definition) is 5. The average Bonchev–Trinajstić information content (AvgIpc) is 3.31. The Kier molecular flexibility index (Phi) is 7.22. The van der Waals surface area contributed by atoms with Gasteiger partial charge in [0.25, 0.3) is 0 Å². The van der Waals surface area contributed by atoms with Gasteiger partial charge in [-0.3, -0.25) is 9.59 Å². The molecule has 0 bridgehead atoms.